The van der Waals surface area contributed by atoms with Gasteiger partial charge in [0, 0.05) is 6.92 Å². The Balaban J connectivity index is 2.12. The van der Waals surface area contributed by atoms with Crippen molar-refractivity contribution in [3.8, 4) is 11.7 Å². The molecule has 2 rings (SSSR count). The molecule has 0 aliphatic carbocycles. The van der Waals surface area contributed by atoms with E-state index in [1.807, 2.05) is 20.8 Å². The molecule has 2 heterocycles. The molecule has 7 nitrogen and oxygen atoms in total. The Labute approximate surface area is 111 Å². The predicted octanol–water partition coefficient (Wildman–Crippen LogP) is 1.77. The molecular formula is C12H18N4O3. The van der Waals surface area contributed by atoms with Gasteiger partial charge in [0.25, 0.3) is 5.89 Å². The molecule has 0 fully saturated rings. The van der Waals surface area contributed by atoms with Crippen LogP contribution in [0.3, 0.4) is 0 Å². The summed E-state index contributed by atoms with van der Waals surface area (Å²) in [5.41, 5.74) is 6.63. The zero-order chi connectivity index (χ0) is 14.0. The summed E-state index contributed by atoms with van der Waals surface area (Å²) in [7, 11) is 0. The first-order chi connectivity index (χ1) is 8.97. The average Bonchev–Trinajstić information content (AvgIpc) is 2.92. The van der Waals surface area contributed by atoms with Crippen LogP contribution in [0, 0.1) is 13.8 Å². The fraction of sp³-hybridized carbons (Fsp3) is 0.583. The van der Waals surface area contributed by atoms with Gasteiger partial charge in [-0.2, -0.15) is 4.98 Å². The van der Waals surface area contributed by atoms with E-state index in [4.69, 9.17) is 19.4 Å². The number of rotatable bonds is 5. The number of oxazole rings is 1. The second-order valence-corrected chi connectivity index (χ2v) is 4.59. The minimum Gasteiger partial charge on any atom is -0.436 e. The highest BCUT2D eigenvalue weighted by atomic mass is 16.5. The molecule has 1 unspecified atom stereocenters. The molecule has 1 atom stereocenters. The van der Waals surface area contributed by atoms with Crippen molar-refractivity contribution in [2.24, 2.45) is 5.73 Å². The van der Waals surface area contributed by atoms with Crippen LogP contribution >= 0.6 is 0 Å². The maximum absolute atomic E-state index is 5.92. The smallest absolute Gasteiger partial charge is 0.295 e. The minimum absolute atomic E-state index is 0.108. The third-order valence-electron chi connectivity index (χ3n) is 2.48. The predicted molar refractivity (Wildman–Crippen MR) is 67.3 cm³/mol. The molecule has 0 bridgehead atoms. The second kappa shape index (κ2) is 5.50. The van der Waals surface area contributed by atoms with E-state index in [-0.39, 0.29) is 12.0 Å². The maximum atomic E-state index is 5.92. The van der Waals surface area contributed by atoms with Gasteiger partial charge in [-0.1, -0.05) is 5.16 Å². The van der Waals surface area contributed by atoms with Gasteiger partial charge in [0.2, 0.25) is 5.76 Å². The third-order valence-corrected chi connectivity index (χ3v) is 2.48. The summed E-state index contributed by atoms with van der Waals surface area (Å²) in [5.74, 6) is 1.71. The first kappa shape index (κ1) is 13.7. The van der Waals surface area contributed by atoms with Crippen molar-refractivity contribution in [2.45, 2.75) is 39.8 Å². The van der Waals surface area contributed by atoms with Crippen LogP contribution < -0.4 is 5.73 Å². The summed E-state index contributed by atoms with van der Waals surface area (Å²) in [4.78, 5) is 8.37. The Hall–Kier alpha value is -1.73. The fourth-order valence-corrected chi connectivity index (χ4v) is 1.58. The Morgan fingerprint density at radius 2 is 2.00 bits per heavy atom. The summed E-state index contributed by atoms with van der Waals surface area (Å²) in [6, 6.07) is -0.427. The number of hydrogen-bond donors (Lipinski definition) is 1. The quantitative estimate of drug-likeness (QED) is 0.879. The van der Waals surface area contributed by atoms with E-state index in [2.05, 4.69) is 15.1 Å². The van der Waals surface area contributed by atoms with Crippen LogP contribution in [0.5, 0.6) is 0 Å². The maximum Gasteiger partial charge on any atom is 0.295 e. The van der Waals surface area contributed by atoms with E-state index in [1.54, 1.807) is 6.92 Å². The van der Waals surface area contributed by atoms with Crippen molar-refractivity contribution in [1.29, 1.82) is 0 Å². The summed E-state index contributed by atoms with van der Waals surface area (Å²) in [6.07, 6.45) is 0.108. The van der Waals surface area contributed by atoms with E-state index < -0.39 is 6.04 Å². The summed E-state index contributed by atoms with van der Waals surface area (Å²) in [5, 5.41) is 3.84. The highest BCUT2D eigenvalue weighted by Gasteiger charge is 2.20. The first-order valence-electron chi connectivity index (χ1n) is 6.12. The van der Waals surface area contributed by atoms with Crippen LogP contribution in [0.4, 0.5) is 0 Å². The summed E-state index contributed by atoms with van der Waals surface area (Å²) < 4.78 is 16.0. The molecule has 2 aromatic heterocycles. The van der Waals surface area contributed by atoms with Gasteiger partial charge in [-0.3, -0.25) is 0 Å². The molecule has 0 saturated carbocycles. The molecule has 0 radical (unpaired) electrons. The highest BCUT2D eigenvalue weighted by Crippen LogP contribution is 2.23. The molecule has 0 saturated heterocycles. The minimum atomic E-state index is -0.427. The van der Waals surface area contributed by atoms with E-state index in [0.29, 0.717) is 29.8 Å². The topological polar surface area (TPSA) is 100 Å². The van der Waals surface area contributed by atoms with E-state index in [9.17, 15) is 0 Å². The van der Waals surface area contributed by atoms with Crippen LogP contribution in [0.2, 0.25) is 0 Å². The van der Waals surface area contributed by atoms with E-state index in [0.717, 1.165) is 0 Å². The van der Waals surface area contributed by atoms with Crippen molar-refractivity contribution < 1.29 is 13.7 Å². The third kappa shape index (κ3) is 3.18. The number of nitrogens with two attached hydrogens (primary N) is 1. The largest absolute Gasteiger partial charge is 0.436 e. The van der Waals surface area contributed by atoms with E-state index >= 15 is 0 Å². The molecule has 2 aromatic rings. The lowest BCUT2D eigenvalue weighted by Crippen LogP contribution is -2.20. The molecule has 0 amide bonds. The van der Waals surface area contributed by atoms with Gasteiger partial charge in [0.15, 0.2) is 11.7 Å². The van der Waals surface area contributed by atoms with E-state index in [1.165, 1.54) is 0 Å². The Kier molecular flexibility index (Phi) is 3.96. The van der Waals surface area contributed by atoms with Crippen LogP contribution in [0.25, 0.3) is 11.7 Å². The number of aromatic nitrogens is 3. The van der Waals surface area contributed by atoms with Gasteiger partial charge in [-0.25, -0.2) is 4.98 Å². The SMILES string of the molecule is Cc1nc(C)c(-c2nc(C(N)COC(C)C)no2)o1. The molecule has 2 N–H and O–H groups in total. The number of aryl methyl sites for hydroxylation is 2. The van der Waals surface area contributed by atoms with Crippen LogP contribution in [0.15, 0.2) is 8.94 Å². The molecule has 104 valence electrons. The number of hydrogen-bond acceptors (Lipinski definition) is 7. The van der Waals surface area contributed by atoms with Crippen molar-refractivity contribution in [2.75, 3.05) is 6.61 Å². The molecule has 0 aliphatic rings. The molecule has 0 aliphatic heterocycles. The second-order valence-electron chi connectivity index (χ2n) is 4.59. The zero-order valence-electron chi connectivity index (χ0n) is 11.5. The molecule has 7 heteroatoms. The summed E-state index contributed by atoms with van der Waals surface area (Å²) in [6.45, 7) is 7.79. The number of nitrogens with zero attached hydrogens (tertiary/aromatic N) is 3. The number of ether oxygens (including phenoxy) is 1. The van der Waals surface area contributed by atoms with Crippen molar-refractivity contribution in [1.82, 2.24) is 15.1 Å². The Bertz CT molecular complexity index is 547. The molecule has 19 heavy (non-hydrogen) atoms. The molecule has 0 spiro atoms. The average molecular weight is 266 g/mol. The lowest BCUT2D eigenvalue weighted by atomic mass is 10.3. The van der Waals surface area contributed by atoms with Gasteiger partial charge in [-0.05, 0) is 20.8 Å². The van der Waals surface area contributed by atoms with Crippen LogP contribution in [-0.4, -0.2) is 27.8 Å². The van der Waals surface area contributed by atoms with Crippen LogP contribution in [0.1, 0.15) is 37.3 Å². The Morgan fingerprint density at radius 1 is 1.26 bits per heavy atom. The van der Waals surface area contributed by atoms with Crippen LogP contribution in [-0.2, 0) is 4.74 Å². The fourth-order valence-electron chi connectivity index (χ4n) is 1.58. The molecule has 0 aromatic carbocycles. The standard InChI is InChI=1S/C12H18N4O3/c1-6(2)17-5-9(13)11-15-12(19-16-11)10-7(3)14-8(4)18-10/h6,9H,5,13H2,1-4H3. The normalized spacial score (nSPS) is 13.2. The van der Waals surface area contributed by atoms with Gasteiger partial charge >= 0.3 is 0 Å². The van der Waals surface area contributed by atoms with Gasteiger partial charge < -0.3 is 19.4 Å². The van der Waals surface area contributed by atoms with Gasteiger partial charge in [0.05, 0.1) is 24.4 Å². The zero-order valence-corrected chi connectivity index (χ0v) is 11.5. The van der Waals surface area contributed by atoms with Crippen molar-refractivity contribution >= 4 is 0 Å². The van der Waals surface area contributed by atoms with Crippen molar-refractivity contribution in [3.05, 3.63) is 17.4 Å². The Morgan fingerprint density at radius 3 is 2.58 bits per heavy atom. The first-order valence-corrected chi connectivity index (χ1v) is 6.12. The summed E-state index contributed by atoms with van der Waals surface area (Å²) >= 11 is 0. The lowest BCUT2D eigenvalue weighted by molar-refractivity contribution is 0.0665. The lowest BCUT2D eigenvalue weighted by Gasteiger charge is -2.10. The van der Waals surface area contributed by atoms with Crippen molar-refractivity contribution in [3.63, 3.8) is 0 Å². The van der Waals surface area contributed by atoms with Gasteiger partial charge in [-0.15, -0.1) is 0 Å². The van der Waals surface area contributed by atoms with Gasteiger partial charge in [0.1, 0.15) is 0 Å². The molecular weight excluding hydrogens is 248 g/mol. The monoisotopic (exact) mass is 266 g/mol. The highest BCUT2D eigenvalue weighted by molar-refractivity contribution is 5.47.